The number of hydrogen-bond acceptors (Lipinski definition) is 3. The maximum Gasteiger partial charge on any atom is 0.264 e. The van der Waals surface area contributed by atoms with Gasteiger partial charge in [-0.2, -0.15) is 0 Å². The van der Waals surface area contributed by atoms with E-state index in [1.807, 2.05) is 11.9 Å². The van der Waals surface area contributed by atoms with E-state index >= 15 is 0 Å². The Bertz CT molecular complexity index is 640. The summed E-state index contributed by atoms with van der Waals surface area (Å²) in [5.41, 5.74) is 0. The third-order valence-corrected chi connectivity index (χ3v) is 4.91. The lowest BCUT2D eigenvalue weighted by Gasteiger charge is -2.32. The fraction of sp³-hybridized carbons (Fsp3) is 0.400. The molecule has 0 aliphatic carbocycles. The lowest BCUT2D eigenvalue weighted by atomic mass is 10.1. The zero-order chi connectivity index (χ0) is 14.1. The minimum atomic E-state index is -0.262. The lowest BCUT2D eigenvalue weighted by Crippen LogP contribution is -2.46. The Kier molecular flexibility index (Phi) is 3.72. The normalized spacial score (nSPS) is 19.5. The standard InChI is InChI=1S/C15H17FN2OS/c1-17-12-3-2-6-18(9-12)15(19)14-8-10-7-11(16)4-5-13(10)20-14/h4-5,7-8,12,17H,2-3,6,9H2,1H3. The third-order valence-electron chi connectivity index (χ3n) is 3.81. The van der Waals surface area contributed by atoms with Crippen LogP contribution in [0.3, 0.4) is 0 Å². The van der Waals surface area contributed by atoms with Crippen LogP contribution in [0.4, 0.5) is 4.39 Å². The van der Waals surface area contributed by atoms with E-state index in [0.29, 0.717) is 10.9 Å². The first-order valence-corrected chi connectivity index (χ1v) is 7.64. The van der Waals surface area contributed by atoms with Gasteiger partial charge in [-0.3, -0.25) is 4.79 Å². The van der Waals surface area contributed by atoms with Gasteiger partial charge in [0.2, 0.25) is 0 Å². The zero-order valence-electron chi connectivity index (χ0n) is 11.4. The van der Waals surface area contributed by atoms with Crippen molar-refractivity contribution in [2.24, 2.45) is 0 Å². The average molecular weight is 292 g/mol. The van der Waals surface area contributed by atoms with E-state index in [9.17, 15) is 9.18 Å². The third kappa shape index (κ3) is 2.55. The number of carbonyl (C=O) groups is 1. The SMILES string of the molecule is CNC1CCCN(C(=O)c2cc3cc(F)ccc3s2)C1. The second-order valence-corrected chi connectivity index (χ2v) is 6.26. The molecule has 20 heavy (non-hydrogen) atoms. The molecule has 1 aromatic heterocycles. The van der Waals surface area contributed by atoms with Gasteiger partial charge in [0.05, 0.1) is 4.88 Å². The van der Waals surface area contributed by atoms with Crippen LogP contribution < -0.4 is 5.32 Å². The first-order chi connectivity index (χ1) is 9.67. The van der Waals surface area contributed by atoms with E-state index in [0.717, 1.165) is 36.0 Å². The molecule has 0 radical (unpaired) electrons. The highest BCUT2D eigenvalue weighted by molar-refractivity contribution is 7.20. The molecule has 1 unspecified atom stereocenters. The molecular weight excluding hydrogens is 275 g/mol. The van der Waals surface area contributed by atoms with E-state index in [-0.39, 0.29) is 11.7 Å². The summed E-state index contributed by atoms with van der Waals surface area (Å²) < 4.78 is 14.2. The average Bonchev–Trinajstić information content (AvgIpc) is 2.89. The van der Waals surface area contributed by atoms with Crippen LogP contribution in [0.1, 0.15) is 22.5 Å². The number of benzene rings is 1. The summed E-state index contributed by atoms with van der Waals surface area (Å²) in [5.74, 6) is -0.200. The van der Waals surface area contributed by atoms with Gasteiger partial charge in [0.15, 0.2) is 0 Å². The van der Waals surface area contributed by atoms with Crippen molar-refractivity contribution in [2.75, 3.05) is 20.1 Å². The number of thiophene rings is 1. The van der Waals surface area contributed by atoms with E-state index in [1.165, 1.54) is 23.5 Å². The number of likely N-dealkylation sites (N-methyl/N-ethyl adjacent to an activating group) is 1. The predicted octanol–water partition coefficient (Wildman–Crippen LogP) is 2.86. The minimum absolute atomic E-state index is 0.0616. The molecule has 3 rings (SSSR count). The second-order valence-electron chi connectivity index (χ2n) is 5.17. The van der Waals surface area contributed by atoms with Crippen molar-refractivity contribution >= 4 is 27.3 Å². The summed E-state index contributed by atoms with van der Waals surface area (Å²) in [6.07, 6.45) is 2.13. The molecule has 3 nitrogen and oxygen atoms in total. The maximum absolute atomic E-state index is 13.2. The summed E-state index contributed by atoms with van der Waals surface area (Å²) in [6, 6.07) is 6.83. The van der Waals surface area contributed by atoms with E-state index in [2.05, 4.69) is 5.32 Å². The molecule has 0 saturated carbocycles. The number of rotatable bonds is 2. The Morgan fingerprint density at radius 3 is 3.10 bits per heavy atom. The van der Waals surface area contributed by atoms with Crippen LogP contribution in [0.2, 0.25) is 0 Å². The Labute approximate surface area is 121 Å². The van der Waals surface area contributed by atoms with Crippen molar-refractivity contribution in [1.82, 2.24) is 10.2 Å². The highest BCUT2D eigenvalue weighted by atomic mass is 32.1. The number of hydrogen-bond donors (Lipinski definition) is 1. The fourth-order valence-corrected chi connectivity index (χ4v) is 3.68. The summed E-state index contributed by atoms with van der Waals surface area (Å²) in [5, 5.41) is 4.04. The van der Waals surface area contributed by atoms with Crippen molar-refractivity contribution < 1.29 is 9.18 Å². The Hall–Kier alpha value is -1.46. The number of halogens is 1. The first kappa shape index (κ1) is 13.5. The zero-order valence-corrected chi connectivity index (χ0v) is 12.2. The van der Waals surface area contributed by atoms with Crippen molar-refractivity contribution in [3.63, 3.8) is 0 Å². The van der Waals surface area contributed by atoms with Crippen molar-refractivity contribution in [3.8, 4) is 0 Å². The van der Waals surface area contributed by atoms with Gasteiger partial charge in [0.25, 0.3) is 5.91 Å². The summed E-state index contributed by atoms with van der Waals surface area (Å²) in [7, 11) is 1.93. The molecule has 106 valence electrons. The van der Waals surface area contributed by atoms with Crippen LogP contribution in [0.15, 0.2) is 24.3 Å². The van der Waals surface area contributed by atoms with E-state index in [1.54, 1.807) is 12.1 Å². The quantitative estimate of drug-likeness (QED) is 0.923. The van der Waals surface area contributed by atoms with Crippen molar-refractivity contribution in [1.29, 1.82) is 0 Å². The number of piperidine rings is 1. The van der Waals surface area contributed by atoms with Crippen LogP contribution >= 0.6 is 11.3 Å². The van der Waals surface area contributed by atoms with Gasteiger partial charge in [-0.15, -0.1) is 11.3 Å². The lowest BCUT2D eigenvalue weighted by molar-refractivity contribution is 0.0703. The van der Waals surface area contributed by atoms with Crippen molar-refractivity contribution in [2.45, 2.75) is 18.9 Å². The second kappa shape index (κ2) is 5.50. The predicted molar refractivity (Wildman–Crippen MR) is 79.8 cm³/mol. The Morgan fingerprint density at radius 2 is 2.30 bits per heavy atom. The number of fused-ring (bicyclic) bond motifs is 1. The number of nitrogens with one attached hydrogen (secondary N) is 1. The van der Waals surface area contributed by atoms with Crippen LogP contribution in [-0.4, -0.2) is 37.0 Å². The summed E-state index contributed by atoms with van der Waals surface area (Å²) in [6.45, 7) is 1.55. The molecule has 0 bridgehead atoms. The topological polar surface area (TPSA) is 32.3 Å². The molecule has 1 atom stereocenters. The monoisotopic (exact) mass is 292 g/mol. The molecule has 5 heteroatoms. The number of amides is 1. The van der Waals surface area contributed by atoms with E-state index in [4.69, 9.17) is 0 Å². The van der Waals surface area contributed by atoms with Crippen LogP contribution in [0.5, 0.6) is 0 Å². The smallest absolute Gasteiger partial charge is 0.264 e. The van der Waals surface area contributed by atoms with Gasteiger partial charge >= 0.3 is 0 Å². The fourth-order valence-electron chi connectivity index (χ4n) is 2.67. The highest BCUT2D eigenvalue weighted by Gasteiger charge is 2.24. The van der Waals surface area contributed by atoms with Gasteiger partial charge in [0.1, 0.15) is 5.82 Å². The Balaban J connectivity index is 1.84. The molecule has 1 amide bonds. The van der Waals surface area contributed by atoms with Gasteiger partial charge in [-0.25, -0.2) is 4.39 Å². The molecule has 1 aliphatic rings. The maximum atomic E-state index is 13.2. The molecule has 1 N–H and O–H groups in total. The highest BCUT2D eigenvalue weighted by Crippen LogP contribution is 2.28. The van der Waals surface area contributed by atoms with Crippen molar-refractivity contribution in [3.05, 3.63) is 35.0 Å². The summed E-state index contributed by atoms with van der Waals surface area (Å²) in [4.78, 5) is 15.1. The van der Waals surface area contributed by atoms with Crippen LogP contribution in [0, 0.1) is 5.82 Å². The number of nitrogens with zero attached hydrogens (tertiary/aromatic N) is 1. The Morgan fingerprint density at radius 1 is 1.45 bits per heavy atom. The molecule has 1 aromatic carbocycles. The molecule has 0 spiro atoms. The summed E-state index contributed by atoms with van der Waals surface area (Å²) >= 11 is 1.44. The van der Waals surface area contributed by atoms with Crippen LogP contribution in [-0.2, 0) is 0 Å². The number of carbonyl (C=O) groups excluding carboxylic acids is 1. The number of likely N-dealkylation sites (tertiary alicyclic amines) is 1. The molecule has 2 heterocycles. The van der Waals surface area contributed by atoms with Gasteiger partial charge in [-0.1, -0.05) is 0 Å². The van der Waals surface area contributed by atoms with Crippen LogP contribution in [0.25, 0.3) is 10.1 Å². The molecule has 1 fully saturated rings. The van der Waals surface area contributed by atoms with Gasteiger partial charge < -0.3 is 10.2 Å². The molecule has 1 aliphatic heterocycles. The minimum Gasteiger partial charge on any atom is -0.336 e. The van der Waals surface area contributed by atoms with Gasteiger partial charge in [-0.05, 0) is 49.5 Å². The molecular formula is C15H17FN2OS. The molecule has 1 saturated heterocycles. The first-order valence-electron chi connectivity index (χ1n) is 6.83. The van der Waals surface area contributed by atoms with Gasteiger partial charge in [0, 0.05) is 23.8 Å². The molecule has 2 aromatic rings. The van der Waals surface area contributed by atoms with E-state index < -0.39 is 0 Å². The largest absolute Gasteiger partial charge is 0.336 e.